The van der Waals surface area contributed by atoms with Crippen molar-refractivity contribution in [3.8, 4) is 0 Å². The number of rotatable bonds is 3. The van der Waals surface area contributed by atoms with Crippen LogP contribution in [-0.2, 0) is 11.3 Å². The first-order chi connectivity index (χ1) is 7.75. The molecule has 88 valence electrons. The zero-order chi connectivity index (χ0) is 11.4. The molecular weight excluding hydrogens is 264 g/mol. The molecule has 1 aliphatic carbocycles. The molecule has 1 aromatic rings. The van der Waals surface area contributed by atoms with E-state index in [9.17, 15) is 0 Å². The maximum atomic E-state index is 5.97. The van der Waals surface area contributed by atoms with E-state index in [2.05, 4.69) is 41.1 Å². The number of halogens is 1. The molecule has 0 spiro atoms. The molecule has 0 unspecified atom stereocenters. The van der Waals surface area contributed by atoms with Gasteiger partial charge in [-0.3, -0.25) is 0 Å². The van der Waals surface area contributed by atoms with Gasteiger partial charge >= 0.3 is 0 Å². The Hall–Kier alpha value is -0.340. The second-order valence-electron chi connectivity index (χ2n) is 4.78. The van der Waals surface area contributed by atoms with E-state index in [0.717, 1.165) is 17.0 Å². The minimum Gasteiger partial charge on any atom is -0.374 e. The summed E-state index contributed by atoms with van der Waals surface area (Å²) in [5.41, 5.74) is 1.25. The quantitative estimate of drug-likeness (QED) is 0.791. The lowest BCUT2D eigenvalue weighted by Gasteiger charge is -2.26. The Morgan fingerprint density at radius 2 is 1.88 bits per heavy atom. The molecule has 1 aromatic carbocycles. The van der Waals surface area contributed by atoms with E-state index in [-0.39, 0.29) is 0 Å². The first-order valence-corrected chi connectivity index (χ1v) is 6.90. The van der Waals surface area contributed by atoms with Crippen LogP contribution in [0.4, 0.5) is 0 Å². The van der Waals surface area contributed by atoms with Gasteiger partial charge in [-0.15, -0.1) is 0 Å². The van der Waals surface area contributed by atoms with Crippen LogP contribution < -0.4 is 0 Å². The van der Waals surface area contributed by atoms with Crippen LogP contribution in [-0.4, -0.2) is 6.10 Å². The lowest BCUT2D eigenvalue weighted by Crippen LogP contribution is -2.20. The summed E-state index contributed by atoms with van der Waals surface area (Å²) in [5, 5.41) is 0. The zero-order valence-corrected chi connectivity index (χ0v) is 11.4. The predicted molar refractivity (Wildman–Crippen MR) is 70.4 cm³/mol. The fraction of sp³-hybridized carbons (Fsp3) is 0.571. The van der Waals surface area contributed by atoms with E-state index >= 15 is 0 Å². The molecule has 0 radical (unpaired) electrons. The summed E-state index contributed by atoms with van der Waals surface area (Å²) in [4.78, 5) is 0. The SMILES string of the molecule is CC1CCC(OCc2ccccc2Br)CC1. The molecule has 0 bridgehead atoms. The van der Waals surface area contributed by atoms with E-state index in [0.29, 0.717) is 6.10 Å². The van der Waals surface area contributed by atoms with Crippen LogP contribution in [0.25, 0.3) is 0 Å². The molecule has 0 N–H and O–H groups in total. The molecule has 2 rings (SSSR count). The molecule has 2 heteroatoms. The van der Waals surface area contributed by atoms with Crippen LogP contribution in [0.2, 0.25) is 0 Å². The molecule has 0 amide bonds. The molecular formula is C14H19BrO. The molecule has 0 aromatic heterocycles. The summed E-state index contributed by atoms with van der Waals surface area (Å²) in [5.74, 6) is 0.892. The Morgan fingerprint density at radius 3 is 2.56 bits per heavy atom. The van der Waals surface area contributed by atoms with Crippen LogP contribution in [0.15, 0.2) is 28.7 Å². The largest absolute Gasteiger partial charge is 0.374 e. The minimum atomic E-state index is 0.475. The van der Waals surface area contributed by atoms with Gasteiger partial charge in [-0.05, 0) is 43.2 Å². The van der Waals surface area contributed by atoms with Gasteiger partial charge in [0.15, 0.2) is 0 Å². The van der Waals surface area contributed by atoms with Crippen molar-refractivity contribution in [2.24, 2.45) is 5.92 Å². The van der Waals surface area contributed by atoms with Crippen molar-refractivity contribution in [3.63, 3.8) is 0 Å². The number of hydrogen-bond donors (Lipinski definition) is 0. The highest BCUT2D eigenvalue weighted by Crippen LogP contribution is 2.27. The smallest absolute Gasteiger partial charge is 0.0731 e. The third-order valence-electron chi connectivity index (χ3n) is 3.40. The van der Waals surface area contributed by atoms with Gasteiger partial charge in [-0.1, -0.05) is 41.1 Å². The van der Waals surface area contributed by atoms with Crippen molar-refractivity contribution < 1.29 is 4.74 Å². The number of hydrogen-bond acceptors (Lipinski definition) is 1. The number of ether oxygens (including phenoxy) is 1. The van der Waals surface area contributed by atoms with Crippen molar-refractivity contribution >= 4 is 15.9 Å². The molecule has 1 aliphatic rings. The molecule has 1 fully saturated rings. The summed E-state index contributed by atoms with van der Waals surface area (Å²) in [7, 11) is 0. The molecule has 0 saturated heterocycles. The standard InChI is InChI=1S/C14H19BrO/c1-11-6-8-13(9-7-11)16-10-12-4-2-3-5-14(12)15/h2-5,11,13H,6-10H2,1H3. The lowest BCUT2D eigenvalue weighted by atomic mass is 9.89. The monoisotopic (exact) mass is 282 g/mol. The summed E-state index contributed by atoms with van der Waals surface area (Å²) < 4.78 is 7.12. The van der Waals surface area contributed by atoms with Crippen molar-refractivity contribution in [3.05, 3.63) is 34.3 Å². The Balaban J connectivity index is 1.81. The van der Waals surface area contributed by atoms with E-state index in [1.165, 1.54) is 31.2 Å². The fourth-order valence-corrected chi connectivity index (χ4v) is 2.62. The normalized spacial score (nSPS) is 25.6. The Morgan fingerprint density at radius 1 is 1.19 bits per heavy atom. The second kappa shape index (κ2) is 5.83. The van der Waals surface area contributed by atoms with E-state index in [1.807, 2.05) is 6.07 Å². The maximum Gasteiger partial charge on any atom is 0.0731 e. The highest BCUT2D eigenvalue weighted by Gasteiger charge is 2.18. The highest BCUT2D eigenvalue weighted by molar-refractivity contribution is 9.10. The van der Waals surface area contributed by atoms with Gasteiger partial charge in [-0.25, -0.2) is 0 Å². The van der Waals surface area contributed by atoms with Crippen LogP contribution in [0, 0.1) is 5.92 Å². The lowest BCUT2D eigenvalue weighted by molar-refractivity contribution is 0.00853. The van der Waals surface area contributed by atoms with Crippen LogP contribution >= 0.6 is 15.9 Å². The average molecular weight is 283 g/mol. The molecule has 1 saturated carbocycles. The first-order valence-electron chi connectivity index (χ1n) is 6.10. The maximum absolute atomic E-state index is 5.97. The molecule has 0 atom stereocenters. The summed E-state index contributed by atoms with van der Waals surface area (Å²) in [6, 6.07) is 8.29. The van der Waals surface area contributed by atoms with Crippen LogP contribution in [0.5, 0.6) is 0 Å². The van der Waals surface area contributed by atoms with Gasteiger partial charge in [0.1, 0.15) is 0 Å². The first kappa shape index (κ1) is 12.1. The molecule has 16 heavy (non-hydrogen) atoms. The third kappa shape index (κ3) is 3.33. The van der Waals surface area contributed by atoms with Gasteiger partial charge in [0.25, 0.3) is 0 Å². The van der Waals surface area contributed by atoms with Gasteiger partial charge in [0.2, 0.25) is 0 Å². The zero-order valence-electron chi connectivity index (χ0n) is 9.79. The third-order valence-corrected chi connectivity index (χ3v) is 4.17. The van der Waals surface area contributed by atoms with Gasteiger partial charge < -0.3 is 4.74 Å². The Bertz CT molecular complexity index is 329. The second-order valence-corrected chi connectivity index (χ2v) is 5.64. The fourth-order valence-electron chi connectivity index (χ4n) is 2.22. The topological polar surface area (TPSA) is 9.23 Å². The van der Waals surface area contributed by atoms with Crippen molar-refractivity contribution in [2.75, 3.05) is 0 Å². The molecule has 0 heterocycles. The highest BCUT2D eigenvalue weighted by atomic mass is 79.9. The van der Waals surface area contributed by atoms with Crippen molar-refractivity contribution in [1.29, 1.82) is 0 Å². The van der Waals surface area contributed by atoms with E-state index in [1.54, 1.807) is 0 Å². The Labute approximate surface area is 106 Å². The summed E-state index contributed by atoms with van der Waals surface area (Å²) in [6.45, 7) is 3.07. The van der Waals surface area contributed by atoms with Gasteiger partial charge in [-0.2, -0.15) is 0 Å². The minimum absolute atomic E-state index is 0.475. The molecule has 1 nitrogen and oxygen atoms in total. The van der Waals surface area contributed by atoms with Gasteiger partial charge in [0.05, 0.1) is 12.7 Å². The Kier molecular flexibility index (Phi) is 4.42. The molecule has 0 aliphatic heterocycles. The number of benzene rings is 1. The summed E-state index contributed by atoms with van der Waals surface area (Å²) in [6.07, 6.45) is 5.57. The predicted octanol–water partition coefficient (Wildman–Crippen LogP) is 4.54. The van der Waals surface area contributed by atoms with Crippen LogP contribution in [0.3, 0.4) is 0 Å². The van der Waals surface area contributed by atoms with Crippen molar-refractivity contribution in [2.45, 2.75) is 45.3 Å². The van der Waals surface area contributed by atoms with Crippen LogP contribution in [0.1, 0.15) is 38.2 Å². The summed E-state index contributed by atoms with van der Waals surface area (Å²) >= 11 is 3.55. The van der Waals surface area contributed by atoms with E-state index in [4.69, 9.17) is 4.74 Å². The van der Waals surface area contributed by atoms with E-state index < -0.39 is 0 Å². The average Bonchev–Trinajstić information content (AvgIpc) is 2.30. The van der Waals surface area contributed by atoms with Crippen molar-refractivity contribution in [1.82, 2.24) is 0 Å². The van der Waals surface area contributed by atoms with Gasteiger partial charge in [0, 0.05) is 4.47 Å².